The van der Waals surface area contributed by atoms with Gasteiger partial charge in [-0.3, -0.25) is 0 Å². The second-order valence-electron chi connectivity index (χ2n) is 22.5. The van der Waals surface area contributed by atoms with E-state index >= 15 is 0 Å². The topological polar surface area (TPSA) is 143 Å². The van der Waals surface area contributed by atoms with Crippen LogP contribution in [0.4, 0.5) is 0 Å². The third-order valence-corrected chi connectivity index (χ3v) is 15.1. The third kappa shape index (κ3) is 103. The van der Waals surface area contributed by atoms with Crippen molar-refractivity contribution in [2.45, 2.75) is 376 Å². The minimum absolute atomic E-state index is 0. The first-order valence-corrected chi connectivity index (χ1v) is 35.5. The monoisotopic (exact) mass is 1190 g/mol. The normalized spacial score (nSPS) is 12.0. The zero-order chi connectivity index (χ0) is 59.8. The van der Waals surface area contributed by atoms with Crippen LogP contribution in [0.3, 0.4) is 0 Å². The Morgan fingerprint density at radius 1 is 0.388 bits per heavy atom. The van der Waals surface area contributed by atoms with Gasteiger partial charge in [0.15, 0.2) is 0 Å². The predicted octanol–water partition coefficient (Wildman–Crippen LogP) is 16.2. The molecule has 8 nitrogen and oxygen atoms in total. The molecular weight excluding hydrogens is 1050 g/mol. The molecule has 4 atom stereocenters. The summed E-state index contributed by atoms with van der Waals surface area (Å²) < 4.78 is 50.7. The average Bonchev–Trinajstić information content (AvgIpc) is 3.41. The van der Waals surface area contributed by atoms with Crippen molar-refractivity contribution in [3.8, 4) is 0 Å². The molecule has 0 aliphatic heterocycles. The molecule has 0 spiro atoms. The zero-order valence-corrected chi connectivity index (χ0v) is 61.2. The number of unbranched alkanes of at least 4 members (excludes halogenated alkanes) is 32. The summed E-state index contributed by atoms with van der Waals surface area (Å²) >= 11 is 0. The summed E-state index contributed by atoms with van der Waals surface area (Å²) in [6, 6.07) is 0. The molecule has 2 N–H and O–H groups in total. The molecule has 0 aromatic carbocycles. The molecule has 0 bridgehead atoms. The van der Waals surface area contributed by atoms with Crippen LogP contribution in [0.25, 0.3) is 0 Å². The van der Waals surface area contributed by atoms with E-state index in [9.17, 15) is 5.11 Å². The summed E-state index contributed by atoms with van der Waals surface area (Å²) in [5.41, 5.74) is 1.59. The van der Waals surface area contributed by atoms with Gasteiger partial charge in [-0.15, -0.1) is 31.8 Å². The van der Waals surface area contributed by atoms with Gasteiger partial charge in [-0.05, 0) is 37.0 Å². The van der Waals surface area contributed by atoms with Gasteiger partial charge in [0.05, 0.1) is 0 Å². The van der Waals surface area contributed by atoms with Gasteiger partial charge in [-0.2, -0.15) is 0 Å². The molecule has 0 radical (unpaired) electrons. The Bertz CT molecular complexity index is 1310. The molecule has 4 unspecified atom stereocenters. The minimum Gasteiger partial charge on any atom is -0.425 e. The zero-order valence-electron chi connectivity index (χ0n) is 55.6. The van der Waals surface area contributed by atoms with Gasteiger partial charge < -0.3 is 17.1 Å². The van der Waals surface area contributed by atoms with Crippen LogP contribution in [0, 0.1) is 31.6 Å². The fourth-order valence-electron chi connectivity index (χ4n) is 9.88. The second kappa shape index (κ2) is 90.7. The van der Waals surface area contributed by atoms with Crippen molar-refractivity contribution in [3.05, 3.63) is 38.2 Å². The number of hydrogen-bond donors (Lipinski definition) is 2. The van der Waals surface area contributed by atoms with Crippen molar-refractivity contribution in [3.63, 3.8) is 0 Å². The number of hydrogen-bond acceptors (Lipinski definition) is 8. The molecule has 0 amide bonds. The van der Waals surface area contributed by atoms with Crippen LogP contribution in [0.15, 0.2) is 24.3 Å². The molecule has 0 fully saturated rings. The number of aliphatic hydroxyl groups excluding tert-OH is 2. The number of aliphatic hydroxyl groups is 2. The molecular formula is C68H138Na2O8S2. The van der Waals surface area contributed by atoms with E-state index < -0.39 is 21.2 Å². The van der Waals surface area contributed by atoms with Crippen LogP contribution in [-0.2, 0) is 21.2 Å². The summed E-state index contributed by atoms with van der Waals surface area (Å²) in [5.74, 6) is 2.02. The smallest absolute Gasteiger partial charge is 0.425 e. The van der Waals surface area contributed by atoms with Crippen molar-refractivity contribution in [2.75, 3.05) is 6.61 Å². The first-order chi connectivity index (χ1) is 37.7. The fraction of sp³-hybridized carbons (Fsp3) is 0.912. The Morgan fingerprint density at radius 2 is 0.613 bits per heavy atom. The Kier molecular flexibility index (Phi) is 110. The Morgan fingerprint density at radius 3 is 0.863 bits per heavy atom. The van der Waals surface area contributed by atoms with Gasteiger partial charge in [-0.25, -0.2) is 18.6 Å². The fourth-order valence-corrected chi connectivity index (χ4v) is 9.88. The molecule has 0 aromatic heterocycles. The molecule has 80 heavy (non-hydrogen) atoms. The van der Waals surface area contributed by atoms with Crippen molar-refractivity contribution in [1.29, 1.82) is 0 Å². The first kappa shape index (κ1) is 96.8. The van der Waals surface area contributed by atoms with Crippen molar-refractivity contribution < 1.29 is 94.6 Å². The van der Waals surface area contributed by atoms with Crippen LogP contribution in [0.5, 0.6) is 0 Å². The summed E-state index contributed by atoms with van der Waals surface area (Å²) in [6.07, 6.45) is 70.3. The summed E-state index contributed by atoms with van der Waals surface area (Å²) in [7, 11) is -6.22. The summed E-state index contributed by atoms with van der Waals surface area (Å²) in [5, 5.41) is 18.8. The molecule has 0 heterocycles. The Labute approximate surface area is 549 Å². The molecule has 0 saturated heterocycles. The van der Waals surface area contributed by atoms with Gasteiger partial charge in [0, 0.05) is 6.61 Å². The standard InChI is InChI=1S/C17H35O.C17H36O.C17H34.C17H33.2Na.2O3S/c1-4-6-8-10-11-13-15-17(16(3)18)14-12-9-7-5-2;1-3-5-7-9-10-12-14-17(15-16-18)13-11-8-6-4-2;2*1-4-7-9-11-12-14-16-17(6-3)15-13-10-8-5-2;;;2*1-4(2)3/h16-18H,3-15H2,1-2H3;17-18H,3-16H2,1-2H3;6,17H,3-5,7-16H2,1-2H3;6H,3-5,7-16H2,1-2H3;;;;/q-1;;;-1;2*+1;;/b;;;17-6-;;;;. The largest absolute Gasteiger partial charge is 1.00 e. The Hall–Kier alpha value is 0.510. The van der Waals surface area contributed by atoms with Crippen LogP contribution in [-0.4, -0.2) is 48.2 Å². The van der Waals surface area contributed by atoms with E-state index in [0.29, 0.717) is 12.5 Å². The van der Waals surface area contributed by atoms with Gasteiger partial charge in [0.25, 0.3) is 0 Å². The molecule has 0 aliphatic carbocycles. The minimum atomic E-state index is -3.11. The van der Waals surface area contributed by atoms with Gasteiger partial charge >= 0.3 is 80.3 Å². The van der Waals surface area contributed by atoms with Crippen molar-refractivity contribution in [1.82, 2.24) is 0 Å². The van der Waals surface area contributed by atoms with Gasteiger partial charge in [0.1, 0.15) is 0 Å². The summed E-state index contributed by atoms with van der Waals surface area (Å²) in [4.78, 5) is 0. The molecule has 0 aliphatic rings. The maximum atomic E-state index is 9.70. The van der Waals surface area contributed by atoms with Gasteiger partial charge in [0.2, 0.25) is 0 Å². The third-order valence-electron chi connectivity index (χ3n) is 15.1. The molecule has 0 saturated carbocycles. The second-order valence-corrected chi connectivity index (χ2v) is 23.3. The predicted molar refractivity (Wildman–Crippen MR) is 344 cm³/mol. The van der Waals surface area contributed by atoms with E-state index in [1.54, 1.807) is 5.57 Å². The van der Waals surface area contributed by atoms with Crippen LogP contribution in [0.1, 0.15) is 370 Å². The number of allylic oxidation sites excluding steroid dienone is 3. The maximum absolute atomic E-state index is 9.70. The van der Waals surface area contributed by atoms with E-state index in [1.807, 2.05) is 0 Å². The maximum Gasteiger partial charge on any atom is 1.00 e. The van der Waals surface area contributed by atoms with E-state index in [1.165, 1.54) is 308 Å². The average molecular weight is 1190 g/mol. The SMILES string of the molecule is C=CC(CCCCCC)CCCCCCCC.CCCCCCCCC(CCO)CCCCCC.O=S(=O)=O.O=S(=O)=O.[CH2-]/C=C(/CCCCCC)CCCCCCCC.[CH2-]C(O)C(CCCCCC)CCCCCCCC.[Na+].[Na+]. The van der Waals surface area contributed by atoms with E-state index in [0.717, 1.165) is 18.3 Å². The number of rotatable bonds is 52. The van der Waals surface area contributed by atoms with E-state index in [4.69, 9.17) is 30.4 Å². The van der Waals surface area contributed by atoms with E-state index in [-0.39, 0.29) is 65.2 Å². The molecule has 12 heteroatoms. The Balaban J connectivity index is -0.000000136. The molecule has 472 valence electrons. The quantitative estimate of drug-likeness (QED) is 0.0265. The summed E-state index contributed by atoms with van der Waals surface area (Å²) in [6.45, 7) is 30.3. The van der Waals surface area contributed by atoms with Gasteiger partial charge in [-0.1, -0.05) is 363 Å². The van der Waals surface area contributed by atoms with E-state index in [2.05, 4.69) is 88.0 Å². The first-order valence-electron chi connectivity index (χ1n) is 33.5. The van der Waals surface area contributed by atoms with Crippen LogP contribution >= 0.6 is 0 Å². The molecule has 0 aromatic rings. The van der Waals surface area contributed by atoms with Crippen molar-refractivity contribution >= 4 is 21.2 Å². The van der Waals surface area contributed by atoms with Crippen LogP contribution < -0.4 is 59.1 Å². The molecule has 0 rings (SSSR count). The van der Waals surface area contributed by atoms with Crippen molar-refractivity contribution in [2.24, 2.45) is 17.8 Å². The van der Waals surface area contributed by atoms with Crippen LogP contribution in [0.2, 0.25) is 0 Å².